The van der Waals surface area contributed by atoms with E-state index in [-0.39, 0.29) is 10.5 Å². The third-order valence-corrected chi connectivity index (χ3v) is 5.00. The molecular formula is C18H17FN2O6S. The van der Waals surface area contributed by atoms with Gasteiger partial charge in [-0.15, -0.1) is 0 Å². The van der Waals surface area contributed by atoms with Crippen molar-refractivity contribution in [3.05, 3.63) is 66.0 Å². The molecule has 0 radical (unpaired) electrons. The lowest BCUT2D eigenvalue weighted by molar-refractivity contribution is -0.149. The summed E-state index contributed by atoms with van der Waals surface area (Å²) in [4.78, 5) is 35.2. The van der Waals surface area contributed by atoms with Gasteiger partial charge in [-0.1, -0.05) is 18.2 Å². The molecule has 2 rings (SSSR count). The maximum Gasteiger partial charge on any atom is 0.324 e. The van der Waals surface area contributed by atoms with Gasteiger partial charge in [0.25, 0.3) is 11.8 Å². The first-order chi connectivity index (χ1) is 13.2. The van der Waals surface area contributed by atoms with Crippen molar-refractivity contribution in [1.82, 2.24) is 10.0 Å². The summed E-state index contributed by atoms with van der Waals surface area (Å²) >= 11 is 0. The summed E-state index contributed by atoms with van der Waals surface area (Å²) in [5, 5.41) is 2.04. The molecule has 0 aliphatic heterocycles. The Morgan fingerprint density at radius 3 is 2.25 bits per heavy atom. The van der Waals surface area contributed by atoms with Crippen LogP contribution in [0.1, 0.15) is 17.3 Å². The fourth-order valence-corrected chi connectivity index (χ4v) is 3.24. The average Bonchev–Trinajstić information content (AvgIpc) is 2.66. The second-order valence-corrected chi connectivity index (χ2v) is 7.36. The lowest BCUT2D eigenvalue weighted by atomic mass is 10.2. The summed E-state index contributed by atoms with van der Waals surface area (Å²) in [6, 6.07) is 10.6. The predicted octanol–water partition coefficient (Wildman–Crippen LogP) is 0.992. The van der Waals surface area contributed by atoms with Gasteiger partial charge in [0.15, 0.2) is 6.61 Å². The van der Waals surface area contributed by atoms with Crippen molar-refractivity contribution < 1.29 is 31.9 Å². The molecule has 0 fully saturated rings. The van der Waals surface area contributed by atoms with Gasteiger partial charge >= 0.3 is 5.97 Å². The van der Waals surface area contributed by atoms with Crippen LogP contribution in [0.25, 0.3) is 0 Å². The third-order valence-electron chi connectivity index (χ3n) is 3.44. The second-order valence-electron chi connectivity index (χ2n) is 5.65. The number of sulfonamides is 1. The van der Waals surface area contributed by atoms with Crippen molar-refractivity contribution in [2.75, 3.05) is 6.61 Å². The molecule has 2 aromatic carbocycles. The van der Waals surface area contributed by atoms with Gasteiger partial charge in [-0.2, -0.15) is 4.72 Å². The van der Waals surface area contributed by atoms with E-state index in [0.29, 0.717) is 0 Å². The van der Waals surface area contributed by atoms with Crippen LogP contribution < -0.4 is 10.0 Å². The third kappa shape index (κ3) is 5.96. The molecule has 0 heterocycles. The monoisotopic (exact) mass is 408 g/mol. The Morgan fingerprint density at radius 2 is 1.64 bits per heavy atom. The molecule has 0 bridgehead atoms. The van der Waals surface area contributed by atoms with E-state index in [1.54, 1.807) is 18.2 Å². The van der Waals surface area contributed by atoms with Crippen molar-refractivity contribution in [3.8, 4) is 0 Å². The molecule has 0 saturated heterocycles. The number of rotatable bonds is 7. The van der Waals surface area contributed by atoms with Crippen molar-refractivity contribution >= 4 is 27.8 Å². The van der Waals surface area contributed by atoms with E-state index in [1.807, 2.05) is 5.32 Å². The summed E-state index contributed by atoms with van der Waals surface area (Å²) in [6.07, 6.45) is 0. The first-order valence-corrected chi connectivity index (χ1v) is 9.51. The molecule has 2 aromatic rings. The van der Waals surface area contributed by atoms with Crippen molar-refractivity contribution in [2.24, 2.45) is 0 Å². The Morgan fingerprint density at radius 1 is 1.04 bits per heavy atom. The molecule has 0 aromatic heterocycles. The van der Waals surface area contributed by atoms with E-state index in [9.17, 15) is 27.2 Å². The SMILES string of the molecule is C[C@H](NS(=O)(=O)c1ccc(F)cc1)C(=O)OCC(=O)NC(=O)c1ccccc1. The van der Waals surface area contributed by atoms with Crippen molar-refractivity contribution in [3.63, 3.8) is 0 Å². The van der Waals surface area contributed by atoms with Gasteiger partial charge in [0.2, 0.25) is 10.0 Å². The van der Waals surface area contributed by atoms with Gasteiger partial charge in [-0.3, -0.25) is 19.7 Å². The topological polar surface area (TPSA) is 119 Å². The van der Waals surface area contributed by atoms with Gasteiger partial charge < -0.3 is 4.74 Å². The standard InChI is InChI=1S/C18H17FN2O6S/c1-12(21-28(25,26)15-9-7-14(19)8-10-15)18(24)27-11-16(22)20-17(23)13-5-3-2-4-6-13/h2-10,12,21H,11H2,1H3,(H,20,22,23)/t12-/m0/s1. The molecule has 28 heavy (non-hydrogen) atoms. The quantitative estimate of drug-likeness (QED) is 0.660. The lowest BCUT2D eigenvalue weighted by Crippen LogP contribution is -2.41. The van der Waals surface area contributed by atoms with E-state index in [2.05, 4.69) is 4.72 Å². The van der Waals surface area contributed by atoms with Gasteiger partial charge in [-0.05, 0) is 43.3 Å². The van der Waals surface area contributed by atoms with Crippen molar-refractivity contribution in [1.29, 1.82) is 0 Å². The van der Waals surface area contributed by atoms with Crippen molar-refractivity contribution in [2.45, 2.75) is 17.9 Å². The van der Waals surface area contributed by atoms with Gasteiger partial charge in [-0.25, -0.2) is 12.8 Å². The number of halogens is 1. The number of nitrogens with one attached hydrogen (secondary N) is 2. The fourth-order valence-electron chi connectivity index (χ4n) is 2.05. The second kappa shape index (κ2) is 9.20. The number of benzene rings is 2. The highest BCUT2D eigenvalue weighted by Gasteiger charge is 2.24. The number of ether oxygens (including phenoxy) is 1. The summed E-state index contributed by atoms with van der Waals surface area (Å²) in [7, 11) is -4.09. The van der Waals surface area contributed by atoms with E-state index in [4.69, 9.17) is 4.74 Å². The molecular weight excluding hydrogens is 391 g/mol. The Bertz CT molecular complexity index is 961. The van der Waals surface area contributed by atoms with Crippen LogP contribution in [0.3, 0.4) is 0 Å². The minimum Gasteiger partial charge on any atom is -0.454 e. The minimum absolute atomic E-state index is 0.236. The molecule has 0 aliphatic rings. The molecule has 10 heteroatoms. The Balaban J connectivity index is 1.85. The highest BCUT2D eigenvalue weighted by Crippen LogP contribution is 2.10. The van der Waals surface area contributed by atoms with Crippen LogP contribution in [0.4, 0.5) is 4.39 Å². The normalized spacial score (nSPS) is 12.1. The molecule has 8 nitrogen and oxygen atoms in total. The van der Waals surface area contributed by atoms with Gasteiger partial charge in [0.05, 0.1) is 4.90 Å². The maximum atomic E-state index is 12.9. The molecule has 1 atom stereocenters. The molecule has 2 N–H and O–H groups in total. The maximum absolute atomic E-state index is 12.9. The van der Waals surface area contributed by atoms with Crippen LogP contribution in [-0.2, 0) is 24.3 Å². The molecule has 0 unspecified atom stereocenters. The van der Waals surface area contributed by atoms with Crippen LogP contribution in [0.15, 0.2) is 59.5 Å². The van der Waals surface area contributed by atoms with E-state index in [0.717, 1.165) is 24.3 Å². The number of esters is 1. The van der Waals surface area contributed by atoms with E-state index >= 15 is 0 Å². The molecule has 0 saturated carbocycles. The van der Waals surface area contributed by atoms with Crippen LogP contribution >= 0.6 is 0 Å². The molecule has 0 aliphatic carbocycles. The smallest absolute Gasteiger partial charge is 0.324 e. The number of carbonyl (C=O) groups excluding carboxylic acids is 3. The largest absolute Gasteiger partial charge is 0.454 e. The van der Waals surface area contributed by atoms with Crippen LogP contribution in [0.5, 0.6) is 0 Å². The zero-order chi connectivity index (χ0) is 20.7. The van der Waals surface area contributed by atoms with E-state index < -0.39 is 46.3 Å². The Labute approximate surface area is 160 Å². The predicted molar refractivity (Wildman–Crippen MR) is 96.1 cm³/mol. The lowest BCUT2D eigenvalue weighted by Gasteiger charge is -2.13. The number of imide groups is 1. The number of carbonyl (C=O) groups is 3. The Hall–Kier alpha value is -3.11. The number of hydrogen-bond donors (Lipinski definition) is 2. The summed E-state index contributed by atoms with van der Waals surface area (Å²) < 4.78 is 43.9. The summed E-state index contributed by atoms with van der Waals surface area (Å²) in [5.41, 5.74) is 0.252. The number of hydrogen-bond acceptors (Lipinski definition) is 6. The average molecular weight is 408 g/mol. The van der Waals surface area contributed by atoms with Crippen LogP contribution in [0, 0.1) is 5.82 Å². The fraction of sp³-hybridized carbons (Fsp3) is 0.167. The first kappa shape index (κ1) is 21.2. The van der Waals surface area contributed by atoms with Crippen LogP contribution in [0.2, 0.25) is 0 Å². The highest BCUT2D eigenvalue weighted by atomic mass is 32.2. The molecule has 0 spiro atoms. The highest BCUT2D eigenvalue weighted by molar-refractivity contribution is 7.89. The summed E-state index contributed by atoms with van der Waals surface area (Å²) in [6.45, 7) is 0.455. The van der Waals surface area contributed by atoms with E-state index in [1.165, 1.54) is 19.1 Å². The zero-order valence-electron chi connectivity index (χ0n) is 14.7. The van der Waals surface area contributed by atoms with Gasteiger partial charge in [0.1, 0.15) is 11.9 Å². The molecule has 148 valence electrons. The molecule has 2 amide bonds. The Kier molecular flexibility index (Phi) is 6.96. The number of amides is 2. The zero-order valence-corrected chi connectivity index (χ0v) is 15.5. The van der Waals surface area contributed by atoms with Gasteiger partial charge in [0, 0.05) is 5.56 Å². The summed E-state index contributed by atoms with van der Waals surface area (Å²) in [5.74, 6) is -3.15. The minimum atomic E-state index is -4.09. The van der Waals surface area contributed by atoms with Crippen LogP contribution in [-0.4, -0.2) is 38.9 Å². The first-order valence-electron chi connectivity index (χ1n) is 8.03.